The molecular weight excluding hydrogens is 370 g/mol. The Kier molecular flexibility index (Phi) is 5.00. The lowest BCUT2D eigenvalue weighted by molar-refractivity contribution is 0.174. The average molecular weight is 391 g/mol. The van der Waals surface area contributed by atoms with Gasteiger partial charge in [0.1, 0.15) is 11.8 Å². The third-order valence-corrected chi connectivity index (χ3v) is 4.61. The number of nitrogens with one attached hydrogen (secondary N) is 1. The first-order valence-corrected chi connectivity index (χ1v) is 9.26. The van der Waals surface area contributed by atoms with Crippen molar-refractivity contribution in [2.75, 3.05) is 12.1 Å². The van der Waals surface area contributed by atoms with Crippen LogP contribution in [0.15, 0.2) is 34.7 Å². The van der Waals surface area contributed by atoms with Gasteiger partial charge < -0.3 is 23.9 Å². The number of hydrogen-bond donors (Lipinski definition) is 1. The zero-order chi connectivity index (χ0) is 20.4. The van der Waals surface area contributed by atoms with Crippen LogP contribution in [0, 0.1) is 32.1 Å². The fourth-order valence-electron chi connectivity index (χ4n) is 3.38. The number of aromatic nitrogens is 1. The van der Waals surface area contributed by atoms with Crippen molar-refractivity contribution in [3.63, 3.8) is 0 Å². The number of benzene rings is 2. The minimum absolute atomic E-state index is 0.144. The zero-order valence-corrected chi connectivity index (χ0v) is 16.5. The molecule has 0 amide bonds. The van der Waals surface area contributed by atoms with Gasteiger partial charge in [0.2, 0.25) is 24.3 Å². The van der Waals surface area contributed by atoms with Crippen molar-refractivity contribution in [1.29, 1.82) is 5.26 Å². The molecule has 0 atom stereocenters. The third-order valence-electron chi connectivity index (χ3n) is 4.61. The van der Waals surface area contributed by atoms with Gasteiger partial charge in [-0.25, -0.2) is 0 Å². The molecule has 0 aliphatic carbocycles. The largest absolute Gasteiger partial charge is 0.483 e. The van der Waals surface area contributed by atoms with Gasteiger partial charge in [-0.15, -0.1) is 0 Å². The highest BCUT2D eigenvalue weighted by atomic mass is 16.7. The van der Waals surface area contributed by atoms with Crippen molar-refractivity contribution in [3.05, 3.63) is 64.2 Å². The van der Waals surface area contributed by atoms with Crippen LogP contribution in [0.3, 0.4) is 0 Å². The van der Waals surface area contributed by atoms with E-state index in [0.29, 0.717) is 24.1 Å². The average Bonchev–Trinajstić information content (AvgIpc) is 3.31. The van der Waals surface area contributed by atoms with E-state index >= 15 is 0 Å². The molecule has 1 aliphatic rings. The van der Waals surface area contributed by atoms with Crippen LogP contribution in [-0.2, 0) is 13.2 Å². The van der Waals surface area contributed by atoms with Crippen molar-refractivity contribution >= 4 is 5.88 Å². The number of oxazole rings is 1. The summed E-state index contributed by atoms with van der Waals surface area (Å²) < 4.78 is 22.3. The van der Waals surface area contributed by atoms with E-state index in [0.717, 1.165) is 28.2 Å². The number of ether oxygens (including phenoxy) is 3. The van der Waals surface area contributed by atoms with Gasteiger partial charge >= 0.3 is 0 Å². The van der Waals surface area contributed by atoms with Crippen LogP contribution in [0.1, 0.15) is 33.8 Å². The van der Waals surface area contributed by atoms with Crippen LogP contribution in [0.2, 0.25) is 0 Å². The second-order valence-electron chi connectivity index (χ2n) is 6.95. The van der Waals surface area contributed by atoms with E-state index in [-0.39, 0.29) is 19.1 Å². The van der Waals surface area contributed by atoms with Crippen molar-refractivity contribution in [2.45, 2.75) is 33.9 Å². The van der Waals surface area contributed by atoms with E-state index in [1.54, 1.807) is 0 Å². The Hall–Kier alpha value is -3.66. The van der Waals surface area contributed by atoms with Gasteiger partial charge in [0, 0.05) is 6.54 Å². The predicted molar refractivity (Wildman–Crippen MR) is 106 cm³/mol. The highest BCUT2D eigenvalue weighted by Gasteiger charge is 2.16. The van der Waals surface area contributed by atoms with Crippen molar-refractivity contribution in [3.8, 4) is 23.3 Å². The van der Waals surface area contributed by atoms with Crippen LogP contribution < -0.4 is 19.5 Å². The van der Waals surface area contributed by atoms with Gasteiger partial charge in [0.05, 0.1) is 0 Å². The van der Waals surface area contributed by atoms with E-state index in [2.05, 4.69) is 35.4 Å². The molecule has 1 N–H and O–H groups in total. The summed E-state index contributed by atoms with van der Waals surface area (Å²) in [6.45, 7) is 6.89. The van der Waals surface area contributed by atoms with Crippen molar-refractivity contribution in [1.82, 2.24) is 4.98 Å². The minimum Gasteiger partial charge on any atom is -0.483 e. The Bertz CT molecular complexity index is 1070. The Morgan fingerprint density at radius 1 is 1.10 bits per heavy atom. The van der Waals surface area contributed by atoms with Gasteiger partial charge in [0.15, 0.2) is 18.1 Å². The second kappa shape index (κ2) is 7.76. The lowest BCUT2D eigenvalue weighted by Gasteiger charge is -2.11. The molecule has 0 unspecified atom stereocenters. The fourth-order valence-corrected chi connectivity index (χ4v) is 3.38. The highest BCUT2D eigenvalue weighted by molar-refractivity contribution is 5.48. The first-order chi connectivity index (χ1) is 14.0. The maximum Gasteiger partial charge on any atom is 0.236 e. The monoisotopic (exact) mass is 391 g/mol. The van der Waals surface area contributed by atoms with Crippen molar-refractivity contribution < 1.29 is 18.6 Å². The Labute approximate surface area is 168 Å². The van der Waals surface area contributed by atoms with Gasteiger partial charge in [-0.1, -0.05) is 23.8 Å². The number of nitrogens with zero attached hydrogens (tertiary/aromatic N) is 2. The molecule has 0 radical (unpaired) electrons. The summed E-state index contributed by atoms with van der Waals surface area (Å²) in [5.41, 5.74) is 4.46. The number of nitriles is 1. The number of hydrogen-bond acceptors (Lipinski definition) is 7. The van der Waals surface area contributed by atoms with E-state index < -0.39 is 0 Å². The number of fused-ring (bicyclic) bond motifs is 1. The molecule has 0 bridgehead atoms. The predicted octanol–water partition coefficient (Wildman–Crippen LogP) is 4.39. The highest BCUT2D eigenvalue weighted by Crippen LogP contribution is 2.33. The molecule has 1 aliphatic heterocycles. The Balaban J connectivity index is 1.44. The van der Waals surface area contributed by atoms with Gasteiger partial charge in [-0.3, -0.25) is 0 Å². The van der Waals surface area contributed by atoms with Gasteiger partial charge in [-0.2, -0.15) is 10.2 Å². The first-order valence-electron chi connectivity index (χ1n) is 9.26. The maximum absolute atomic E-state index is 9.37. The molecule has 0 spiro atoms. The standard InChI is InChI=1S/C22H21N3O4/c1-13-6-14(2)21(15(3)7-13)26-11-20-25-17(9-23)22(29-20)24-10-16-4-5-18-19(8-16)28-12-27-18/h4-8,24H,10-12H2,1-3H3. The van der Waals surface area contributed by atoms with Crippen LogP contribution >= 0.6 is 0 Å². The summed E-state index contributed by atoms with van der Waals surface area (Å²) in [6, 6.07) is 11.9. The molecule has 0 saturated carbocycles. The summed E-state index contributed by atoms with van der Waals surface area (Å²) in [4.78, 5) is 4.23. The minimum atomic E-state index is 0.144. The molecular formula is C22H21N3O4. The smallest absolute Gasteiger partial charge is 0.236 e. The third kappa shape index (κ3) is 3.97. The number of anilines is 1. The maximum atomic E-state index is 9.37. The van der Waals surface area contributed by atoms with Crippen LogP contribution in [0.4, 0.5) is 5.88 Å². The molecule has 7 heteroatoms. The summed E-state index contributed by atoms with van der Waals surface area (Å²) in [6.07, 6.45) is 0. The molecule has 0 fully saturated rings. The lowest BCUT2D eigenvalue weighted by Crippen LogP contribution is -2.00. The lowest BCUT2D eigenvalue weighted by atomic mass is 10.1. The molecule has 29 heavy (non-hydrogen) atoms. The summed E-state index contributed by atoms with van der Waals surface area (Å²) in [5, 5.41) is 12.5. The first kappa shape index (κ1) is 18.7. The zero-order valence-electron chi connectivity index (χ0n) is 16.5. The molecule has 3 aromatic rings. The summed E-state index contributed by atoms with van der Waals surface area (Å²) in [7, 11) is 0. The molecule has 1 aromatic heterocycles. The summed E-state index contributed by atoms with van der Waals surface area (Å²) in [5.74, 6) is 2.91. The molecule has 148 valence electrons. The molecule has 4 rings (SSSR count). The number of aryl methyl sites for hydroxylation is 3. The summed E-state index contributed by atoms with van der Waals surface area (Å²) >= 11 is 0. The SMILES string of the molecule is Cc1cc(C)c(OCc2nc(C#N)c(NCc3ccc4c(c3)OCO4)o2)c(C)c1. The van der Waals surface area contributed by atoms with Crippen LogP contribution in [0.25, 0.3) is 0 Å². The second-order valence-corrected chi connectivity index (χ2v) is 6.95. The molecule has 7 nitrogen and oxygen atoms in total. The normalized spacial score (nSPS) is 11.9. The number of rotatable bonds is 6. The Morgan fingerprint density at radius 3 is 2.62 bits per heavy atom. The van der Waals surface area contributed by atoms with Gasteiger partial charge in [0.25, 0.3) is 0 Å². The van der Waals surface area contributed by atoms with E-state index in [1.807, 2.05) is 32.0 Å². The van der Waals surface area contributed by atoms with Crippen LogP contribution in [-0.4, -0.2) is 11.8 Å². The Morgan fingerprint density at radius 2 is 1.86 bits per heavy atom. The van der Waals surface area contributed by atoms with Gasteiger partial charge in [-0.05, 0) is 49.6 Å². The quantitative estimate of drug-likeness (QED) is 0.666. The van der Waals surface area contributed by atoms with E-state index in [9.17, 15) is 5.26 Å². The topological polar surface area (TPSA) is 89.5 Å². The molecule has 2 heterocycles. The van der Waals surface area contributed by atoms with Crippen molar-refractivity contribution in [2.24, 2.45) is 0 Å². The fraction of sp³-hybridized carbons (Fsp3) is 0.273. The van der Waals surface area contributed by atoms with E-state index in [4.69, 9.17) is 18.6 Å². The molecule has 2 aromatic carbocycles. The molecule has 0 saturated heterocycles. The van der Waals surface area contributed by atoms with E-state index in [1.165, 1.54) is 5.56 Å². The van der Waals surface area contributed by atoms with Crippen LogP contribution in [0.5, 0.6) is 17.2 Å².